The topological polar surface area (TPSA) is 36.4 Å². The number of anilines is 1. The van der Waals surface area contributed by atoms with Gasteiger partial charge in [0.2, 0.25) is 0 Å². The van der Waals surface area contributed by atoms with E-state index in [1.54, 1.807) is 0 Å². The summed E-state index contributed by atoms with van der Waals surface area (Å²) in [5, 5.41) is 9.22. The molecule has 2 rings (SSSR count). The molecule has 0 aromatic carbocycles. The molecule has 1 aromatic rings. The van der Waals surface area contributed by atoms with Crippen LogP contribution in [0, 0.1) is 12.8 Å². The van der Waals surface area contributed by atoms with Crippen LogP contribution in [0.3, 0.4) is 0 Å². The molecule has 1 N–H and O–H groups in total. The van der Waals surface area contributed by atoms with Crippen molar-refractivity contribution in [1.82, 2.24) is 4.98 Å². The van der Waals surface area contributed by atoms with Gasteiger partial charge in [-0.3, -0.25) is 4.98 Å². The molecular weight excluding hydrogens is 188 g/mol. The Bertz CT molecular complexity index is 334. The van der Waals surface area contributed by atoms with Crippen LogP contribution in [-0.4, -0.2) is 29.8 Å². The second-order valence-corrected chi connectivity index (χ2v) is 4.53. The smallest absolute Gasteiger partial charge is 0.0546 e. The van der Waals surface area contributed by atoms with Gasteiger partial charge in [0.25, 0.3) is 0 Å². The van der Waals surface area contributed by atoms with Crippen molar-refractivity contribution in [3.05, 3.63) is 24.0 Å². The summed E-state index contributed by atoms with van der Waals surface area (Å²) in [4.78, 5) is 6.42. The van der Waals surface area contributed by atoms with Gasteiger partial charge in [-0.25, -0.2) is 0 Å². The Balaban J connectivity index is 1.93. The zero-order valence-corrected chi connectivity index (χ0v) is 9.35. The van der Waals surface area contributed by atoms with Crippen LogP contribution in [0.5, 0.6) is 0 Å². The molecule has 0 amide bonds. The summed E-state index contributed by atoms with van der Waals surface area (Å²) in [6.45, 7) is 3.03. The van der Waals surface area contributed by atoms with E-state index in [2.05, 4.69) is 23.0 Å². The molecule has 1 aliphatic rings. The first-order valence-corrected chi connectivity index (χ1v) is 5.47. The van der Waals surface area contributed by atoms with Crippen molar-refractivity contribution in [2.75, 3.05) is 18.5 Å². The lowest BCUT2D eigenvalue weighted by molar-refractivity contribution is 0.0465. The van der Waals surface area contributed by atoms with Gasteiger partial charge < -0.3 is 10.0 Å². The summed E-state index contributed by atoms with van der Waals surface area (Å²) >= 11 is 0. The average molecular weight is 206 g/mol. The van der Waals surface area contributed by atoms with Crippen LogP contribution < -0.4 is 4.90 Å². The van der Waals surface area contributed by atoms with Crippen LogP contribution in [0.2, 0.25) is 0 Å². The minimum Gasteiger partial charge on any atom is -0.393 e. The van der Waals surface area contributed by atoms with Crippen LogP contribution in [-0.2, 0) is 0 Å². The Hall–Kier alpha value is -1.09. The van der Waals surface area contributed by atoms with Gasteiger partial charge in [-0.05, 0) is 37.8 Å². The number of pyridine rings is 1. The predicted octanol–water partition coefficient (Wildman–Crippen LogP) is 1.60. The number of hydrogen-bond donors (Lipinski definition) is 1. The summed E-state index contributed by atoms with van der Waals surface area (Å²) in [5.74, 6) is 0.651. The monoisotopic (exact) mass is 206 g/mol. The number of aliphatic hydroxyl groups excluding tert-OH is 1. The fourth-order valence-electron chi connectivity index (χ4n) is 2.11. The molecule has 0 bridgehead atoms. The standard InChI is InChI=1S/C12H18N2O/c1-9-5-11(3-4-13-9)14(2)8-10-6-12(15)7-10/h3-5,10,12,15H,6-8H2,1-2H3. The second kappa shape index (κ2) is 4.19. The van der Waals surface area contributed by atoms with Crippen molar-refractivity contribution >= 4 is 5.69 Å². The van der Waals surface area contributed by atoms with Gasteiger partial charge in [-0.1, -0.05) is 0 Å². The van der Waals surface area contributed by atoms with E-state index in [0.29, 0.717) is 5.92 Å². The molecule has 1 heterocycles. The maximum atomic E-state index is 9.22. The first kappa shape index (κ1) is 10.4. The SMILES string of the molecule is Cc1cc(N(C)CC2CC(O)C2)ccn1. The average Bonchev–Trinajstić information content (AvgIpc) is 2.15. The zero-order chi connectivity index (χ0) is 10.8. The van der Waals surface area contributed by atoms with E-state index in [4.69, 9.17) is 0 Å². The lowest BCUT2D eigenvalue weighted by Gasteiger charge is -2.35. The number of rotatable bonds is 3. The molecule has 3 heteroatoms. The molecule has 3 nitrogen and oxygen atoms in total. The lowest BCUT2D eigenvalue weighted by atomic mass is 9.82. The normalized spacial score (nSPS) is 24.7. The molecule has 1 saturated carbocycles. The number of aromatic nitrogens is 1. The van der Waals surface area contributed by atoms with E-state index >= 15 is 0 Å². The summed E-state index contributed by atoms with van der Waals surface area (Å²) < 4.78 is 0. The van der Waals surface area contributed by atoms with Gasteiger partial charge >= 0.3 is 0 Å². The summed E-state index contributed by atoms with van der Waals surface area (Å²) in [7, 11) is 2.10. The maximum absolute atomic E-state index is 9.22. The first-order chi connectivity index (χ1) is 7.15. The summed E-state index contributed by atoms with van der Waals surface area (Å²) in [6, 6.07) is 4.12. The molecule has 0 aliphatic heterocycles. The fraction of sp³-hybridized carbons (Fsp3) is 0.583. The molecule has 0 unspecified atom stereocenters. The molecular formula is C12H18N2O. The van der Waals surface area contributed by atoms with Crippen LogP contribution in [0.15, 0.2) is 18.3 Å². The Morgan fingerprint density at radius 3 is 2.87 bits per heavy atom. The predicted molar refractivity (Wildman–Crippen MR) is 61.0 cm³/mol. The molecule has 1 aromatic heterocycles. The zero-order valence-electron chi connectivity index (χ0n) is 9.35. The number of aryl methyl sites for hydroxylation is 1. The van der Waals surface area contributed by atoms with E-state index in [-0.39, 0.29) is 6.10 Å². The van der Waals surface area contributed by atoms with Crippen LogP contribution in [0.25, 0.3) is 0 Å². The molecule has 1 fully saturated rings. The minimum absolute atomic E-state index is 0.0532. The van der Waals surface area contributed by atoms with Crippen molar-refractivity contribution < 1.29 is 5.11 Å². The number of aliphatic hydroxyl groups is 1. The maximum Gasteiger partial charge on any atom is 0.0546 e. The molecule has 0 atom stereocenters. The van der Waals surface area contributed by atoms with Crippen molar-refractivity contribution in [3.8, 4) is 0 Å². The third kappa shape index (κ3) is 2.48. The van der Waals surface area contributed by atoms with Crippen molar-refractivity contribution in [2.24, 2.45) is 5.92 Å². The molecule has 0 radical (unpaired) electrons. The van der Waals surface area contributed by atoms with Crippen LogP contribution in [0.4, 0.5) is 5.69 Å². The van der Waals surface area contributed by atoms with Gasteiger partial charge in [0, 0.05) is 31.2 Å². The molecule has 0 spiro atoms. The van der Waals surface area contributed by atoms with E-state index in [1.807, 2.05) is 19.2 Å². The summed E-state index contributed by atoms with van der Waals surface area (Å²) in [6.07, 6.45) is 3.70. The minimum atomic E-state index is -0.0532. The molecule has 15 heavy (non-hydrogen) atoms. The molecule has 1 aliphatic carbocycles. The third-order valence-corrected chi connectivity index (χ3v) is 3.06. The van der Waals surface area contributed by atoms with Gasteiger partial charge in [0.15, 0.2) is 0 Å². The van der Waals surface area contributed by atoms with Crippen molar-refractivity contribution in [1.29, 1.82) is 0 Å². The van der Waals surface area contributed by atoms with E-state index in [1.165, 1.54) is 5.69 Å². The first-order valence-electron chi connectivity index (χ1n) is 5.47. The third-order valence-electron chi connectivity index (χ3n) is 3.06. The highest BCUT2D eigenvalue weighted by molar-refractivity contribution is 5.45. The van der Waals surface area contributed by atoms with Crippen LogP contribution >= 0.6 is 0 Å². The Kier molecular flexibility index (Phi) is 2.91. The van der Waals surface area contributed by atoms with Gasteiger partial charge in [-0.15, -0.1) is 0 Å². The van der Waals surface area contributed by atoms with Crippen LogP contribution in [0.1, 0.15) is 18.5 Å². The number of nitrogens with zero attached hydrogens (tertiary/aromatic N) is 2. The van der Waals surface area contributed by atoms with E-state index in [0.717, 1.165) is 25.1 Å². The molecule has 82 valence electrons. The van der Waals surface area contributed by atoms with Gasteiger partial charge in [0.1, 0.15) is 0 Å². The lowest BCUT2D eigenvalue weighted by Crippen LogP contribution is -2.37. The molecule has 0 saturated heterocycles. The van der Waals surface area contributed by atoms with E-state index < -0.39 is 0 Å². The van der Waals surface area contributed by atoms with Crippen molar-refractivity contribution in [2.45, 2.75) is 25.9 Å². The largest absolute Gasteiger partial charge is 0.393 e. The number of hydrogen-bond acceptors (Lipinski definition) is 3. The van der Waals surface area contributed by atoms with Gasteiger partial charge in [0.05, 0.1) is 6.10 Å². The highest BCUT2D eigenvalue weighted by Gasteiger charge is 2.27. The van der Waals surface area contributed by atoms with Crippen molar-refractivity contribution in [3.63, 3.8) is 0 Å². The quantitative estimate of drug-likeness (QED) is 0.816. The highest BCUT2D eigenvalue weighted by atomic mass is 16.3. The highest BCUT2D eigenvalue weighted by Crippen LogP contribution is 2.28. The second-order valence-electron chi connectivity index (χ2n) is 4.53. The summed E-state index contributed by atoms with van der Waals surface area (Å²) in [5.41, 5.74) is 2.26. The Labute approximate surface area is 90.8 Å². The van der Waals surface area contributed by atoms with E-state index in [9.17, 15) is 5.11 Å². The van der Waals surface area contributed by atoms with Gasteiger partial charge in [-0.2, -0.15) is 0 Å². The fourth-order valence-corrected chi connectivity index (χ4v) is 2.11. The Morgan fingerprint density at radius 1 is 1.53 bits per heavy atom. The Morgan fingerprint density at radius 2 is 2.27 bits per heavy atom.